The summed E-state index contributed by atoms with van der Waals surface area (Å²) in [6.45, 7) is 2.49. The first-order valence-corrected chi connectivity index (χ1v) is 6.47. The molecule has 1 aromatic rings. The highest BCUT2D eigenvalue weighted by Crippen LogP contribution is 2.11. The van der Waals surface area contributed by atoms with Gasteiger partial charge < -0.3 is 15.4 Å². The third-order valence-electron chi connectivity index (χ3n) is 3.05. The lowest BCUT2D eigenvalue weighted by molar-refractivity contribution is -0.384. The summed E-state index contributed by atoms with van der Waals surface area (Å²) in [5.74, 6) is -0.0861. The summed E-state index contributed by atoms with van der Waals surface area (Å²) in [4.78, 5) is 21.8. The van der Waals surface area contributed by atoms with Crippen LogP contribution in [0.3, 0.4) is 0 Å². The lowest BCUT2D eigenvalue weighted by atomic mass is 10.2. The van der Waals surface area contributed by atoms with E-state index in [1.54, 1.807) is 12.1 Å². The first-order chi connectivity index (χ1) is 9.65. The Labute approximate surface area is 116 Å². The van der Waals surface area contributed by atoms with Crippen LogP contribution in [0.5, 0.6) is 0 Å². The Hall–Kier alpha value is -1.99. The molecule has 7 nitrogen and oxygen atoms in total. The minimum atomic E-state index is -0.449. The summed E-state index contributed by atoms with van der Waals surface area (Å²) in [7, 11) is 0. The standard InChI is InChI=1S/C13H17N3O4/c17-13(7-12-9-14-5-6-20-12)15-8-10-1-3-11(4-2-10)16(18)19/h1-4,12,14H,5-9H2,(H,15,17). The van der Waals surface area contributed by atoms with Crippen molar-refractivity contribution in [3.8, 4) is 0 Å². The molecule has 1 fully saturated rings. The van der Waals surface area contributed by atoms with Crippen LogP contribution in [0.15, 0.2) is 24.3 Å². The summed E-state index contributed by atoms with van der Waals surface area (Å²) < 4.78 is 5.44. The number of hydrogen-bond acceptors (Lipinski definition) is 5. The molecule has 1 aromatic carbocycles. The SMILES string of the molecule is O=C(CC1CNCCO1)NCc1ccc([N+](=O)[O-])cc1. The van der Waals surface area contributed by atoms with Crippen LogP contribution in [-0.2, 0) is 16.1 Å². The van der Waals surface area contributed by atoms with Crippen molar-refractivity contribution in [2.75, 3.05) is 19.7 Å². The van der Waals surface area contributed by atoms with E-state index in [1.165, 1.54) is 12.1 Å². The average molecular weight is 279 g/mol. The Morgan fingerprint density at radius 1 is 1.45 bits per heavy atom. The lowest BCUT2D eigenvalue weighted by Gasteiger charge is -2.23. The maximum atomic E-state index is 11.7. The molecule has 0 aromatic heterocycles. The number of amides is 1. The van der Waals surface area contributed by atoms with E-state index < -0.39 is 4.92 Å². The van der Waals surface area contributed by atoms with Crippen LogP contribution in [0, 0.1) is 10.1 Å². The molecule has 7 heteroatoms. The molecule has 0 radical (unpaired) electrons. The highest BCUT2D eigenvalue weighted by atomic mass is 16.6. The Kier molecular flexibility index (Phi) is 5.03. The van der Waals surface area contributed by atoms with Gasteiger partial charge in [-0.05, 0) is 5.56 Å². The van der Waals surface area contributed by atoms with Crippen molar-refractivity contribution in [1.29, 1.82) is 0 Å². The largest absolute Gasteiger partial charge is 0.375 e. The topological polar surface area (TPSA) is 93.5 Å². The Balaban J connectivity index is 1.76. The number of nitrogens with one attached hydrogen (secondary N) is 2. The van der Waals surface area contributed by atoms with Crippen LogP contribution >= 0.6 is 0 Å². The van der Waals surface area contributed by atoms with Crippen LogP contribution in [-0.4, -0.2) is 36.6 Å². The van der Waals surface area contributed by atoms with E-state index in [1.807, 2.05) is 0 Å². The molecule has 0 saturated carbocycles. The summed E-state index contributed by atoms with van der Waals surface area (Å²) >= 11 is 0. The Morgan fingerprint density at radius 3 is 2.80 bits per heavy atom. The average Bonchev–Trinajstić information content (AvgIpc) is 2.46. The number of morpholine rings is 1. The number of nitro benzene ring substituents is 1. The van der Waals surface area contributed by atoms with E-state index in [0.29, 0.717) is 26.1 Å². The lowest BCUT2D eigenvalue weighted by Crippen LogP contribution is -2.41. The summed E-state index contributed by atoms with van der Waals surface area (Å²) in [5, 5.41) is 16.5. The fourth-order valence-corrected chi connectivity index (χ4v) is 1.97. The minimum absolute atomic E-state index is 0.0433. The number of non-ortho nitro benzene ring substituents is 1. The van der Waals surface area contributed by atoms with Gasteiger partial charge in [0, 0.05) is 31.8 Å². The molecule has 1 amide bonds. The molecule has 2 N–H and O–H groups in total. The van der Waals surface area contributed by atoms with Gasteiger partial charge in [0.2, 0.25) is 5.91 Å². The van der Waals surface area contributed by atoms with Gasteiger partial charge in [-0.15, -0.1) is 0 Å². The number of nitro groups is 1. The monoisotopic (exact) mass is 279 g/mol. The quantitative estimate of drug-likeness (QED) is 0.607. The number of ether oxygens (including phenoxy) is 1. The zero-order valence-corrected chi connectivity index (χ0v) is 11.0. The second kappa shape index (κ2) is 6.97. The highest BCUT2D eigenvalue weighted by Gasteiger charge is 2.17. The van der Waals surface area contributed by atoms with Crippen molar-refractivity contribution in [3.05, 3.63) is 39.9 Å². The summed E-state index contributed by atoms with van der Waals surface area (Å²) in [6, 6.07) is 6.12. The van der Waals surface area contributed by atoms with Gasteiger partial charge in [-0.3, -0.25) is 14.9 Å². The van der Waals surface area contributed by atoms with Crippen molar-refractivity contribution in [2.45, 2.75) is 19.1 Å². The minimum Gasteiger partial charge on any atom is -0.375 e. The molecule has 20 heavy (non-hydrogen) atoms. The maximum Gasteiger partial charge on any atom is 0.269 e. The summed E-state index contributed by atoms with van der Waals surface area (Å²) in [5.41, 5.74) is 0.869. The van der Waals surface area contributed by atoms with Gasteiger partial charge in [-0.1, -0.05) is 12.1 Å². The molecule has 0 bridgehead atoms. The zero-order valence-electron chi connectivity index (χ0n) is 11.0. The van der Waals surface area contributed by atoms with Crippen molar-refractivity contribution in [2.24, 2.45) is 0 Å². The second-order valence-corrected chi connectivity index (χ2v) is 4.60. The predicted molar refractivity (Wildman–Crippen MR) is 72.2 cm³/mol. The second-order valence-electron chi connectivity index (χ2n) is 4.60. The predicted octanol–water partition coefficient (Wildman–Crippen LogP) is 0.590. The van der Waals surface area contributed by atoms with Gasteiger partial charge >= 0.3 is 0 Å². The number of carbonyl (C=O) groups is 1. The number of rotatable bonds is 5. The van der Waals surface area contributed by atoms with Crippen molar-refractivity contribution in [3.63, 3.8) is 0 Å². The molecule has 1 atom stereocenters. The highest BCUT2D eigenvalue weighted by molar-refractivity contribution is 5.76. The van der Waals surface area contributed by atoms with Gasteiger partial charge in [0.1, 0.15) is 0 Å². The van der Waals surface area contributed by atoms with E-state index in [9.17, 15) is 14.9 Å². The van der Waals surface area contributed by atoms with Crippen molar-refractivity contribution in [1.82, 2.24) is 10.6 Å². The molecule has 1 aliphatic heterocycles. The summed E-state index contributed by atoms with van der Waals surface area (Å²) in [6.07, 6.45) is 0.237. The molecular formula is C13H17N3O4. The van der Waals surface area contributed by atoms with E-state index in [2.05, 4.69) is 10.6 Å². The van der Waals surface area contributed by atoms with E-state index in [-0.39, 0.29) is 17.7 Å². The third-order valence-corrected chi connectivity index (χ3v) is 3.05. The van der Waals surface area contributed by atoms with Crippen LogP contribution in [0.25, 0.3) is 0 Å². The van der Waals surface area contributed by atoms with Crippen molar-refractivity contribution >= 4 is 11.6 Å². The molecule has 1 unspecified atom stereocenters. The zero-order chi connectivity index (χ0) is 14.4. The van der Waals surface area contributed by atoms with Gasteiger partial charge in [0.25, 0.3) is 5.69 Å². The van der Waals surface area contributed by atoms with Gasteiger partial charge in [0.05, 0.1) is 24.1 Å². The number of hydrogen-bond donors (Lipinski definition) is 2. The van der Waals surface area contributed by atoms with E-state index >= 15 is 0 Å². The first kappa shape index (κ1) is 14.4. The van der Waals surface area contributed by atoms with Gasteiger partial charge in [0.15, 0.2) is 0 Å². The molecular weight excluding hydrogens is 262 g/mol. The Bertz CT molecular complexity index is 469. The smallest absolute Gasteiger partial charge is 0.269 e. The van der Waals surface area contributed by atoms with Crippen LogP contribution < -0.4 is 10.6 Å². The molecule has 1 saturated heterocycles. The third kappa shape index (κ3) is 4.29. The van der Waals surface area contributed by atoms with Crippen molar-refractivity contribution < 1.29 is 14.5 Å². The fourth-order valence-electron chi connectivity index (χ4n) is 1.97. The van der Waals surface area contributed by atoms with E-state index in [4.69, 9.17) is 4.74 Å². The first-order valence-electron chi connectivity index (χ1n) is 6.47. The molecule has 0 aliphatic carbocycles. The molecule has 1 heterocycles. The number of nitrogens with zero attached hydrogens (tertiary/aromatic N) is 1. The normalized spacial score (nSPS) is 18.5. The van der Waals surface area contributed by atoms with Crippen LogP contribution in [0.2, 0.25) is 0 Å². The molecule has 108 valence electrons. The van der Waals surface area contributed by atoms with Crippen LogP contribution in [0.4, 0.5) is 5.69 Å². The van der Waals surface area contributed by atoms with Gasteiger partial charge in [-0.25, -0.2) is 0 Å². The molecule has 1 aliphatic rings. The molecule has 2 rings (SSSR count). The van der Waals surface area contributed by atoms with E-state index in [0.717, 1.165) is 12.1 Å². The maximum absolute atomic E-state index is 11.7. The number of benzene rings is 1. The fraction of sp³-hybridized carbons (Fsp3) is 0.462. The molecule has 0 spiro atoms. The Morgan fingerprint density at radius 2 is 2.20 bits per heavy atom. The van der Waals surface area contributed by atoms with Gasteiger partial charge in [-0.2, -0.15) is 0 Å². The van der Waals surface area contributed by atoms with Crippen LogP contribution in [0.1, 0.15) is 12.0 Å². The number of carbonyl (C=O) groups excluding carboxylic acids is 1.